The molecule has 3 heteroatoms. The van der Waals surface area contributed by atoms with Crippen molar-refractivity contribution in [2.45, 2.75) is 52.4 Å². The Morgan fingerprint density at radius 1 is 0.931 bits per heavy atom. The molecule has 2 aromatic carbocycles. The molecule has 156 valence electrons. The number of hydrogen-bond acceptors (Lipinski definition) is 3. The Kier molecular flexibility index (Phi) is 10.1. The second kappa shape index (κ2) is 12.8. The van der Waals surface area contributed by atoms with Crippen LogP contribution in [0.3, 0.4) is 0 Å². The van der Waals surface area contributed by atoms with Gasteiger partial charge in [-0.05, 0) is 66.8 Å². The second-order valence-corrected chi connectivity index (χ2v) is 7.57. The van der Waals surface area contributed by atoms with Crippen molar-refractivity contribution in [3.8, 4) is 16.9 Å². The Hall–Kier alpha value is -2.55. The van der Waals surface area contributed by atoms with E-state index in [0.717, 1.165) is 43.8 Å². The molecule has 0 saturated heterocycles. The van der Waals surface area contributed by atoms with Crippen LogP contribution in [0.4, 0.5) is 0 Å². The second-order valence-electron chi connectivity index (χ2n) is 7.57. The minimum atomic E-state index is -0.348. The summed E-state index contributed by atoms with van der Waals surface area (Å²) >= 11 is 0. The SMILES string of the molecule is C=CC(=O)OCCCCCCOc1ccc(-c2ccc(C[C@@H](C)CC)cc2)cc1. The molecule has 0 bridgehead atoms. The maximum atomic E-state index is 10.9. The highest BCUT2D eigenvalue weighted by Crippen LogP contribution is 2.24. The fourth-order valence-electron chi connectivity index (χ4n) is 3.10. The third kappa shape index (κ3) is 8.55. The van der Waals surface area contributed by atoms with Gasteiger partial charge >= 0.3 is 5.97 Å². The summed E-state index contributed by atoms with van der Waals surface area (Å²) in [5.74, 6) is 1.29. The molecule has 2 rings (SSSR count). The molecule has 0 unspecified atom stereocenters. The van der Waals surface area contributed by atoms with Gasteiger partial charge in [0, 0.05) is 6.08 Å². The van der Waals surface area contributed by atoms with Gasteiger partial charge in [-0.1, -0.05) is 63.2 Å². The molecule has 0 saturated carbocycles. The monoisotopic (exact) mass is 394 g/mol. The minimum absolute atomic E-state index is 0.348. The van der Waals surface area contributed by atoms with Crippen molar-refractivity contribution in [1.82, 2.24) is 0 Å². The smallest absolute Gasteiger partial charge is 0.330 e. The number of ether oxygens (including phenoxy) is 2. The molecule has 0 aromatic heterocycles. The molecular weight excluding hydrogens is 360 g/mol. The number of esters is 1. The number of unbranched alkanes of at least 4 members (excludes halogenated alkanes) is 3. The summed E-state index contributed by atoms with van der Waals surface area (Å²) in [7, 11) is 0. The van der Waals surface area contributed by atoms with Gasteiger partial charge in [0.25, 0.3) is 0 Å². The first kappa shape index (κ1) is 22.7. The van der Waals surface area contributed by atoms with E-state index in [1.807, 2.05) is 12.1 Å². The van der Waals surface area contributed by atoms with E-state index >= 15 is 0 Å². The quantitative estimate of drug-likeness (QED) is 0.218. The number of carbonyl (C=O) groups excluding carboxylic acids is 1. The first-order valence-corrected chi connectivity index (χ1v) is 10.7. The minimum Gasteiger partial charge on any atom is -0.494 e. The first-order valence-electron chi connectivity index (χ1n) is 10.7. The molecule has 0 N–H and O–H groups in total. The molecule has 0 spiro atoms. The van der Waals surface area contributed by atoms with Crippen molar-refractivity contribution < 1.29 is 14.3 Å². The molecule has 0 fully saturated rings. The summed E-state index contributed by atoms with van der Waals surface area (Å²) in [4.78, 5) is 10.9. The Labute approximate surface area is 175 Å². The van der Waals surface area contributed by atoms with Crippen molar-refractivity contribution in [3.63, 3.8) is 0 Å². The predicted molar refractivity (Wildman–Crippen MR) is 120 cm³/mol. The molecule has 3 nitrogen and oxygen atoms in total. The van der Waals surface area contributed by atoms with Gasteiger partial charge in [0.2, 0.25) is 0 Å². The van der Waals surface area contributed by atoms with Gasteiger partial charge in [-0.2, -0.15) is 0 Å². The topological polar surface area (TPSA) is 35.5 Å². The van der Waals surface area contributed by atoms with E-state index in [4.69, 9.17) is 9.47 Å². The highest BCUT2D eigenvalue weighted by atomic mass is 16.5. The van der Waals surface area contributed by atoms with Crippen LogP contribution in [-0.2, 0) is 16.0 Å². The Bertz CT molecular complexity index is 732. The van der Waals surface area contributed by atoms with Gasteiger partial charge in [0.15, 0.2) is 0 Å². The average molecular weight is 395 g/mol. The van der Waals surface area contributed by atoms with Crippen LogP contribution >= 0.6 is 0 Å². The van der Waals surface area contributed by atoms with Gasteiger partial charge in [-0.15, -0.1) is 0 Å². The van der Waals surface area contributed by atoms with Gasteiger partial charge < -0.3 is 9.47 Å². The number of hydrogen-bond donors (Lipinski definition) is 0. The summed E-state index contributed by atoms with van der Waals surface area (Å²) < 4.78 is 10.8. The zero-order chi connectivity index (χ0) is 20.9. The van der Waals surface area contributed by atoms with Crippen molar-refractivity contribution in [3.05, 3.63) is 66.7 Å². The molecular formula is C26H34O3. The number of carbonyl (C=O) groups is 1. The summed E-state index contributed by atoms with van der Waals surface area (Å²) in [5, 5.41) is 0. The van der Waals surface area contributed by atoms with Crippen molar-refractivity contribution in [1.29, 1.82) is 0 Å². The van der Waals surface area contributed by atoms with E-state index in [1.54, 1.807) is 0 Å². The summed E-state index contributed by atoms with van der Waals surface area (Å²) in [6.45, 7) is 9.09. The molecule has 0 radical (unpaired) electrons. The standard InChI is InChI=1S/C26H34O3/c1-4-21(3)20-22-10-12-23(13-11-22)24-14-16-25(17-15-24)28-18-8-6-7-9-19-29-26(27)5-2/h5,10-17,21H,2,4,6-9,18-20H2,1,3H3/t21-/m0/s1. The van der Waals surface area contributed by atoms with Crippen LogP contribution in [0.25, 0.3) is 11.1 Å². The van der Waals surface area contributed by atoms with Crippen LogP contribution in [0.5, 0.6) is 5.75 Å². The van der Waals surface area contributed by atoms with Crippen LogP contribution in [0.1, 0.15) is 51.5 Å². The lowest BCUT2D eigenvalue weighted by atomic mass is 9.97. The average Bonchev–Trinajstić information content (AvgIpc) is 2.76. The highest BCUT2D eigenvalue weighted by molar-refractivity contribution is 5.81. The lowest BCUT2D eigenvalue weighted by molar-refractivity contribution is -0.137. The molecule has 29 heavy (non-hydrogen) atoms. The molecule has 0 aliphatic carbocycles. The van der Waals surface area contributed by atoms with E-state index in [1.165, 1.54) is 29.2 Å². The Morgan fingerprint density at radius 2 is 1.52 bits per heavy atom. The fraction of sp³-hybridized carbons (Fsp3) is 0.423. The van der Waals surface area contributed by atoms with E-state index in [0.29, 0.717) is 13.2 Å². The summed E-state index contributed by atoms with van der Waals surface area (Å²) in [5.41, 5.74) is 3.85. The summed E-state index contributed by atoms with van der Waals surface area (Å²) in [6, 6.07) is 17.2. The molecule has 0 amide bonds. The molecule has 2 aromatic rings. The lowest BCUT2D eigenvalue weighted by Gasteiger charge is -2.10. The number of benzene rings is 2. The highest BCUT2D eigenvalue weighted by Gasteiger charge is 2.03. The third-order valence-corrected chi connectivity index (χ3v) is 5.14. The maximum absolute atomic E-state index is 10.9. The van der Waals surface area contributed by atoms with Crippen molar-refractivity contribution in [2.24, 2.45) is 5.92 Å². The summed E-state index contributed by atoms with van der Waals surface area (Å²) in [6.07, 6.45) is 7.52. The Balaban J connectivity index is 1.68. The predicted octanol–water partition coefficient (Wildman–Crippen LogP) is 6.61. The zero-order valence-corrected chi connectivity index (χ0v) is 17.9. The van der Waals surface area contributed by atoms with Gasteiger partial charge in [0.05, 0.1) is 13.2 Å². The van der Waals surface area contributed by atoms with Gasteiger partial charge in [0.1, 0.15) is 5.75 Å². The van der Waals surface area contributed by atoms with Crippen LogP contribution < -0.4 is 4.74 Å². The van der Waals surface area contributed by atoms with Gasteiger partial charge in [-0.25, -0.2) is 4.79 Å². The van der Waals surface area contributed by atoms with E-state index < -0.39 is 0 Å². The Morgan fingerprint density at radius 3 is 2.10 bits per heavy atom. The van der Waals surface area contributed by atoms with Crippen LogP contribution in [0.2, 0.25) is 0 Å². The first-order chi connectivity index (χ1) is 14.1. The van der Waals surface area contributed by atoms with Crippen molar-refractivity contribution in [2.75, 3.05) is 13.2 Å². The molecule has 0 aliphatic rings. The fourth-order valence-corrected chi connectivity index (χ4v) is 3.10. The molecule has 0 aliphatic heterocycles. The zero-order valence-electron chi connectivity index (χ0n) is 17.9. The van der Waals surface area contributed by atoms with Gasteiger partial charge in [-0.3, -0.25) is 0 Å². The maximum Gasteiger partial charge on any atom is 0.330 e. The largest absolute Gasteiger partial charge is 0.494 e. The lowest BCUT2D eigenvalue weighted by Crippen LogP contribution is -2.02. The van der Waals surface area contributed by atoms with Crippen LogP contribution in [-0.4, -0.2) is 19.2 Å². The molecule has 0 heterocycles. The number of rotatable bonds is 13. The van der Waals surface area contributed by atoms with E-state index in [9.17, 15) is 4.79 Å². The normalized spacial score (nSPS) is 11.7. The van der Waals surface area contributed by atoms with Crippen LogP contribution in [0, 0.1) is 5.92 Å². The van der Waals surface area contributed by atoms with E-state index in [-0.39, 0.29) is 5.97 Å². The third-order valence-electron chi connectivity index (χ3n) is 5.14. The van der Waals surface area contributed by atoms with Crippen LogP contribution in [0.15, 0.2) is 61.2 Å². The van der Waals surface area contributed by atoms with E-state index in [2.05, 4.69) is 56.8 Å². The molecule has 1 atom stereocenters. The van der Waals surface area contributed by atoms with Crippen molar-refractivity contribution >= 4 is 5.97 Å².